The van der Waals surface area contributed by atoms with E-state index in [0.29, 0.717) is 24.5 Å². The number of aryl methyl sites for hydroxylation is 1. The van der Waals surface area contributed by atoms with Crippen molar-refractivity contribution in [1.29, 1.82) is 0 Å². The summed E-state index contributed by atoms with van der Waals surface area (Å²) in [7, 11) is 0.0846. The van der Waals surface area contributed by atoms with Gasteiger partial charge < -0.3 is 19.3 Å². The van der Waals surface area contributed by atoms with Crippen LogP contribution in [0.3, 0.4) is 0 Å². The number of amides is 1. The van der Waals surface area contributed by atoms with Gasteiger partial charge in [-0.25, -0.2) is 13.1 Å². The predicted octanol–water partition coefficient (Wildman–Crippen LogP) is 5.52. The Bertz CT molecular complexity index is 1730. The number of carbonyl (C=O) groups excluding carboxylic acids is 1. The number of benzene rings is 2. The van der Waals surface area contributed by atoms with Crippen molar-refractivity contribution < 1.29 is 22.7 Å². The van der Waals surface area contributed by atoms with E-state index in [2.05, 4.69) is 50.8 Å². The van der Waals surface area contributed by atoms with Gasteiger partial charge in [0.2, 0.25) is 10.0 Å². The third-order valence-electron chi connectivity index (χ3n) is 12.7. The molecule has 3 heterocycles. The Morgan fingerprint density at radius 1 is 1.08 bits per heavy atom. The van der Waals surface area contributed by atoms with Crippen molar-refractivity contribution in [3.63, 3.8) is 0 Å². The van der Waals surface area contributed by atoms with Gasteiger partial charge in [-0.15, -0.1) is 0 Å². The fourth-order valence-electron chi connectivity index (χ4n) is 9.16. The summed E-state index contributed by atoms with van der Waals surface area (Å²) in [6.45, 7) is 10.5. The van der Waals surface area contributed by atoms with Crippen LogP contribution in [0.1, 0.15) is 67.4 Å². The molecule has 272 valence electrons. The first-order chi connectivity index (χ1) is 23.9. The first kappa shape index (κ1) is 35.8. The van der Waals surface area contributed by atoms with Crippen molar-refractivity contribution in [2.24, 2.45) is 17.8 Å². The fraction of sp³-hybridized carbons (Fsp3) is 0.615. The second kappa shape index (κ2) is 14.1. The Kier molecular flexibility index (Phi) is 10.1. The number of halogens is 1. The zero-order chi connectivity index (χ0) is 35.3. The maximum atomic E-state index is 13.6. The van der Waals surface area contributed by atoms with E-state index in [9.17, 15) is 13.2 Å². The third-order valence-corrected chi connectivity index (χ3v) is 14.8. The van der Waals surface area contributed by atoms with Crippen molar-refractivity contribution >= 4 is 33.2 Å². The van der Waals surface area contributed by atoms with E-state index >= 15 is 0 Å². The number of likely N-dealkylation sites (N-methyl/N-ethyl adjacent to an activating group) is 1. The van der Waals surface area contributed by atoms with E-state index in [1.807, 2.05) is 32.2 Å². The number of fused-ring (bicyclic) bond motifs is 4. The summed E-state index contributed by atoms with van der Waals surface area (Å²) in [5.41, 5.74) is 2.95. The van der Waals surface area contributed by atoms with Gasteiger partial charge in [0.25, 0.3) is 5.91 Å². The maximum Gasteiger partial charge on any atom is 0.264 e. The molecule has 7 rings (SSSR count). The lowest BCUT2D eigenvalue weighted by molar-refractivity contribution is -0.0949. The van der Waals surface area contributed by atoms with Gasteiger partial charge in [0, 0.05) is 68.9 Å². The first-order valence-corrected chi connectivity index (χ1v) is 20.3. The molecule has 0 radical (unpaired) electrons. The van der Waals surface area contributed by atoms with Crippen LogP contribution < -0.4 is 14.4 Å². The highest BCUT2D eigenvalue weighted by Gasteiger charge is 2.50. The topological polar surface area (TPSA) is 91.4 Å². The lowest BCUT2D eigenvalue weighted by Crippen LogP contribution is -2.58. The van der Waals surface area contributed by atoms with Gasteiger partial charge in [0.1, 0.15) is 11.4 Å². The molecule has 1 spiro atoms. The molecule has 3 aliphatic heterocycles. The van der Waals surface area contributed by atoms with Crippen LogP contribution in [0.4, 0.5) is 5.69 Å². The second-order valence-electron chi connectivity index (χ2n) is 15.8. The third kappa shape index (κ3) is 6.83. The number of hydrogen-bond donors (Lipinski definition) is 1. The zero-order valence-electron chi connectivity index (χ0n) is 30.0. The molecule has 9 nitrogen and oxygen atoms in total. The average Bonchev–Trinajstić information content (AvgIpc) is 3.23. The van der Waals surface area contributed by atoms with Crippen LogP contribution in [0.5, 0.6) is 5.75 Å². The highest BCUT2D eigenvalue weighted by molar-refractivity contribution is 7.90. The summed E-state index contributed by atoms with van der Waals surface area (Å²) < 4.78 is 42.8. The van der Waals surface area contributed by atoms with Crippen LogP contribution in [-0.4, -0.2) is 102 Å². The van der Waals surface area contributed by atoms with Gasteiger partial charge in [-0.2, -0.15) is 0 Å². The van der Waals surface area contributed by atoms with Crippen molar-refractivity contribution in [3.8, 4) is 5.75 Å². The Hall–Kier alpha value is -2.63. The van der Waals surface area contributed by atoms with Crippen molar-refractivity contribution in [1.82, 2.24) is 14.5 Å². The van der Waals surface area contributed by atoms with Crippen LogP contribution in [-0.2, 0) is 26.6 Å². The quantitative estimate of drug-likeness (QED) is 0.415. The van der Waals surface area contributed by atoms with E-state index < -0.39 is 26.8 Å². The fourth-order valence-corrected chi connectivity index (χ4v) is 10.6. The standard InChI is InChI=1S/C39H53ClN4O5S/c1-27-7-5-16-39(48-4,25-43-19-17-42(3)18-20-43)34-12-9-31(34)23-44-24-38(15-6-8-29-21-32(40)11-13-33(29)38)26-49-36-14-10-30(22-35(36)44)37(45)41-50(46,47)28(27)2/h5,10-11,13-14,16,21-22,27-28,31,34H,6-9,12,15,17-20,23-26H2,1-4H3,(H,41,45)/b16-5+/t27-,28+,31-,34+,38-,39-/m0/s1. The number of sulfonamides is 1. The van der Waals surface area contributed by atoms with E-state index in [1.165, 1.54) is 11.1 Å². The number of carbonyl (C=O) groups is 1. The minimum atomic E-state index is -3.94. The molecule has 2 bridgehead atoms. The van der Waals surface area contributed by atoms with Gasteiger partial charge in [0.05, 0.1) is 17.5 Å². The Labute approximate surface area is 303 Å². The van der Waals surface area contributed by atoms with Crippen LogP contribution >= 0.6 is 11.6 Å². The van der Waals surface area contributed by atoms with Gasteiger partial charge in [-0.05, 0) is 112 Å². The lowest BCUT2D eigenvalue weighted by Gasteiger charge is -2.52. The summed E-state index contributed by atoms with van der Waals surface area (Å²) in [5, 5.41) is -0.0185. The molecular weight excluding hydrogens is 672 g/mol. The number of ether oxygens (including phenoxy) is 2. The highest BCUT2D eigenvalue weighted by Crippen LogP contribution is 2.49. The predicted molar refractivity (Wildman–Crippen MR) is 199 cm³/mol. The minimum absolute atomic E-state index is 0.208. The Balaban J connectivity index is 1.31. The molecule has 1 N–H and O–H groups in total. The SMILES string of the molecule is CO[C@]1(CN2CCN(C)CC2)/C=C/C[C@H](C)[C@@H](C)S(=O)(=O)NC(=O)c2ccc3c(c2)N(C[C@@H]2CC[C@H]21)C[C@@]1(CCCc2cc(Cl)ccc21)CO3. The molecule has 50 heavy (non-hydrogen) atoms. The zero-order valence-corrected chi connectivity index (χ0v) is 31.6. The number of rotatable bonds is 3. The smallest absolute Gasteiger partial charge is 0.264 e. The monoisotopic (exact) mass is 724 g/mol. The molecule has 0 unspecified atom stereocenters. The van der Waals surface area contributed by atoms with E-state index in [1.54, 1.807) is 13.0 Å². The molecule has 11 heteroatoms. The van der Waals surface area contributed by atoms with Gasteiger partial charge >= 0.3 is 0 Å². The normalized spacial score (nSPS) is 34.0. The number of methoxy groups -OCH3 is 1. The lowest BCUT2D eigenvalue weighted by atomic mass is 9.63. The van der Waals surface area contributed by atoms with Crippen LogP contribution in [0.15, 0.2) is 48.6 Å². The second-order valence-corrected chi connectivity index (χ2v) is 18.2. The number of hydrogen-bond acceptors (Lipinski definition) is 8. The minimum Gasteiger partial charge on any atom is -0.490 e. The number of piperazine rings is 1. The summed E-state index contributed by atoms with van der Waals surface area (Å²) in [4.78, 5) is 20.9. The molecule has 2 aliphatic carbocycles. The van der Waals surface area contributed by atoms with Crippen molar-refractivity contribution in [2.75, 3.05) is 71.5 Å². The number of allylic oxidation sites excluding steroid dienone is 1. The summed E-state index contributed by atoms with van der Waals surface area (Å²) >= 11 is 6.49. The maximum absolute atomic E-state index is 13.6. The number of nitrogens with one attached hydrogen (secondary N) is 1. The van der Waals surface area contributed by atoms with E-state index in [-0.39, 0.29) is 17.3 Å². The molecule has 5 aliphatic rings. The molecule has 1 saturated carbocycles. The molecule has 2 aromatic rings. The van der Waals surface area contributed by atoms with Gasteiger partial charge in [0.15, 0.2) is 0 Å². The van der Waals surface area contributed by atoms with Gasteiger partial charge in [-0.3, -0.25) is 9.69 Å². The molecule has 2 aromatic carbocycles. The summed E-state index contributed by atoms with van der Waals surface area (Å²) in [6, 6.07) is 11.6. The summed E-state index contributed by atoms with van der Waals surface area (Å²) in [6.07, 6.45) is 10.1. The highest BCUT2D eigenvalue weighted by atomic mass is 35.5. The molecule has 1 amide bonds. The Morgan fingerprint density at radius 3 is 2.62 bits per heavy atom. The van der Waals surface area contributed by atoms with Crippen LogP contribution in [0.2, 0.25) is 5.02 Å². The average molecular weight is 725 g/mol. The molecule has 6 atom stereocenters. The number of nitrogens with zero attached hydrogens (tertiary/aromatic N) is 3. The van der Waals surface area contributed by atoms with Crippen molar-refractivity contribution in [3.05, 3.63) is 70.3 Å². The van der Waals surface area contributed by atoms with E-state index in [4.69, 9.17) is 21.1 Å². The molecule has 0 aromatic heterocycles. The van der Waals surface area contributed by atoms with Crippen molar-refractivity contribution in [2.45, 2.75) is 68.6 Å². The number of anilines is 1. The van der Waals surface area contributed by atoms with Crippen LogP contribution in [0.25, 0.3) is 0 Å². The summed E-state index contributed by atoms with van der Waals surface area (Å²) in [5.74, 6) is 0.529. The molecule has 2 fully saturated rings. The van der Waals surface area contributed by atoms with Crippen LogP contribution in [0, 0.1) is 17.8 Å². The van der Waals surface area contributed by atoms with E-state index in [0.717, 1.165) is 94.4 Å². The van der Waals surface area contributed by atoms with Gasteiger partial charge in [-0.1, -0.05) is 36.7 Å². The first-order valence-electron chi connectivity index (χ1n) is 18.4. The largest absolute Gasteiger partial charge is 0.490 e. The Morgan fingerprint density at radius 2 is 1.88 bits per heavy atom. The molecular formula is C39H53ClN4O5S. The molecule has 1 saturated heterocycles.